The van der Waals surface area contributed by atoms with Crippen LogP contribution in [0.25, 0.3) is 0 Å². The third-order valence-electron chi connectivity index (χ3n) is 5.17. The molecule has 4 nitrogen and oxygen atoms in total. The Balaban J connectivity index is 1.51. The minimum Gasteiger partial charge on any atom is -0.379 e. The molecule has 0 aromatic heterocycles. The number of amides is 1. The number of carbonyl (C=O) groups excluding carboxylic acids is 1. The molecule has 1 heterocycles. The van der Waals surface area contributed by atoms with E-state index in [4.69, 9.17) is 4.74 Å². The van der Waals surface area contributed by atoms with Gasteiger partial charge in [0.05, 0.1) is 19.3 Å². The third-order valence-corrected chi connectivity index (χ3v) is 5.17. The van der Waals surface area contributed by atoms with Gasteiger partial charge in [-0.2, -0.15) is 0 Å². The van der Waals surface area contributed by atoms with E-state index in [2.05, 4.69) is 29.2 Å². The fourth-order valence-corrected chi connectivity index (χ4v) is 3.76. The largest absolute Gasteiger partial charge is 0.379 e. The van der Waals surface area contributed by atoms with E-state index in [0.717, 1.165) is 52.1 Å². The first-order valence-electron chi connectivity index (χ1n) is 8.89. The molecular formula is C19H28N2O2. The third kappa shape index (κ3) is 4.12. The molecule has 1 saturated heterocycles. The maximum Gasteiger partial charge on any atom is 0.222 e. The Morgan fingerprint density at radius 3 is 2.91 bits per heavy atom. The summed E-state index contributed by atoms with van der Waals surface area (Å²) in [5.74, 6) is 0.278. The Morgan fingerprint density at radius 1 is 1.30 bits per heavy atom. The quantitative estimate of drug-likeness (QED) is 0.837. The first kappa shape index (κ1) is 16.5. The topological polar surface area (TPSA) is 32.8 Å². The predicted molar refractivity (Wildman–Crippen MR) is 91.4 cm³/mol. The minimum absolute atomic E-state index is 0.260. The molecule has 0 spiro atoms. The molecule has 2 aliphatic rings. The van der Waals surface area contributed by atoms with Crippen molar-refractivity contribution in [3.8, 4) is 0 Å². The highest BCUT2D eigenvalue weighted by atomic mass is 16.5. The van der Waals surface area contributed by atoms with Crippen molar-refractivity contribution in [2.75, 3.05) is 39.9 Å². The molecule has 0 saturated carbocycles. The monoisotopic (exact) mass is 316 g/mol. The first-order valence-corrected chi connectivity index (χ1v) is 8.89. The summed E-state index contributed by atoms with van der Waals surface area (Å²) in [5.41, 5.74) is 2.76. The van der Waals surface area contributed by atoms with E-state index in [0.29, 0.717) is 6.42 Å². The second kappa shape index (κ2) is 7.93. The first-order chi connectivity index (χ1) is 11.3. The molecule has 4 heteroatoms. The Hall–Kier alpha value is -1.39. The second-order valence-corrected chi connectivity index (χ2v) is 6.67. The lowest BCUT2D eigenvalue weighted by Gasteiger charge is -2.33. The van der Waals surface area contributed by atoms with Crippen LogP contribution in [-0.2, 0) is 16.0 Å². The van der Waals surface area contributed by atoms with Gasteiger partial charge in [-0.25, -0.2) is 0 Å². The van der Waals surface area contributed by atoms with Gasteiger partial charge in [-0.05, 0) is 43.4 Å². The number of morpholine rings is 1. The normalized spacial score (nSPS) is 21.7. The van der Waals surface area contributed by atoms with Crippen LogP contribution >= 0.6 is 0 Å². The minimum atomic E-state index is 0.260. The highest BCUT2D eigenvalue weighted by Gasteiger charge is 2.26. The number of ether oxygens (including phenoxy) is 1. The zero-order valence-corrected chi connectivity index (χ0v) is 14.2. The lowest BCUT2D eigenvalue weighted by molar-refractivity contribution is -0.132. The Morgan fingerprint density at radius 2 is 2.09 bits per heavy atom. The van der Waals surface area contributed by atoms with Crippen molar-refractivity contribution in [1.82, 2.24) is 9.80 Å². The summed E-state index contributed by atoms with van der Waals surface area (Å²) in [5, 5.41) is 0. The lowest BCUT2D eigenvalue weighted by atomic mass is 9.87. The maximum absolute atomic E-state index is 12.6. The van der Waals surface area contributed by atoms with Crippen molar-refractivity contribution >= 4 is 5.91 Å². The van der Waals surface area contributed by atoms with Crippen LogP contribution in [0.15, 0.2) is 24.3 Å². The average Bonchev–Trinajstić information content (AvgIpc) is 2.61. The molecule has 1 aromatic rings. The van der Waals surface area contributed by atoms with Gasteiger partial charge >= 0.3 is 0 Å². The van der Waals surface area contributed by atoms with E-state index < -0.39 is 0 Å². The van der Waals surface area contributed by atoms with Crippen LogP contribution in [-0.4, -0.2) is 55.6 Å². The molecule has 0 bridgehead atoms. The highest BCUT2D eigenvalue weighted by Crippen LogP contribution is 2.33. The molecule has 3 rings (SSSR count). The van der Waals surface area contributed by atoms with Gasteiger partial charge < -0.3 is 9.64 Å². The van der Waals surface area contributed by atoms with Crippen LogP contribution in [0.3, 0.4) is 0 Å². The second-order valence-electron chi connectivity index (χ2n) is 6.67. The summed E-state index contributed by atoms with van der Waals surface area (Å²) < 4.78 is 5.36. The summed E-state index contributed by atoms with van der Waals surface area (Å²) in [7, 11) is 1.98. The van der Waals surface area contributed by atoms with Gasteiger partial charge in [-0.15, -0.1) is 0 Å². The SMILES string of the molecule is CN(C(=O)CCCN1CCOCC1)C1CCCc2ccccc21. The summed E-state index contributed by atoms with van der Waals surface area (Å²) in [6.07, 6.45) is 4.99. The lowest BCUT2D eigenvalue weighted by Crippen LogP contribution is -2.38. The standard InChI is InChI=1S/C19H28N2O2/c1-20(18-9-4-7-16-6-2-3-8-17(16)18)19(22)10-5-11-21-12-14-23-15-13-21/h2-3,6,8,18H,4-5,7,9-15H2,1H3. The fourth-order valence-electron chi connectivity index (χ4n) is 3.76. The van der Waals surface area contributed by atoms with Crippen LogP contribution in [0.1, 0.15) is 42.9 Å². The van der Waals surface area contributed by atoms with E-state index in [1.165, 1.54) is 17.5 Å². The molecule has 23 heavy (non-hydrogen) atoms. The van der Waals surface area contributed by atoms with Crippen LogP contribution < -0.4 is 0 Å². The number of nitrogens with zero attached hydrogens (tertiary/aromatic N) is 2. The van der Waals surface area contributed by atoms with Gasteiger partial charge in [0.2, 0.25) is 5.91 Å². The van der Waals surface area contributed by atoms with Crippen molar-refractivity contribution in [3.05, 3.63) is 35.4 Å². The van der Waals surface area contributed by atoms with E-state index in [-0.39, 0.29) is 11.9 Å². The van der Waals surface area contributed by atoms with Gasteiger partial charge in [-0.1, -0.05) is 24.3 Å². The van der Waals surface area contributed by atoms with E-state index in [1.807, 2.05) is 11.9 Å². The van der Waals surface area contributed by atoms with Crippen molar-refractivity contribution in [1.29, 1.82) is 0 Å². The zero-order valence-electron chi connectivity index (χ0n) is 14.2. The Bertz CT molecular complexity index is 526. The molecule has 1 aromatic carbocycles. The number of rotatable bonds is 5. The van der Waals surface area contributed by atoms with Crippen molar-refractivity contribution in [3.63, 3.8) is 0 Å². The summed E-state index contributed by atoms with van der Waals surface area (Å²) in [6.45, 7) is 4.66. The molecule has 1 aliphatic heterocycles. The smallest absolute Gasteiger partial charge is 0.222 e. The number of aryl methyl sites for hydroxylation is 1. The van der Waals surface area contributed by atoms with Gasteiger partial charge in [0.15, 0.2) is 0 Å². The van der Waals surface area contributed by atoms with Crippen LogP contribution in [0.2, 0.25) is 0 Å². The van der Waals surface area contributed by atoms with Gasteiger partial charge in [0, 0.05) is 26.6 Å². The number of carbonyl (C=O) groups is 1. The summed E-state index contributed by atoms with van der Waals surface area (Å²) in [6, 6.07) is 8.85. The van der Waals surface area contributed by atoms with Crippen LogP contribution in [0.4, 0.5) is 0 Å². The van der Waals surface area contributed by atoms with E-state index in [9.17, 15) is 4.79 Å². The molecule has 1 atom stereocenters. The van der Waals surface area contributed by atoms with E-state index in [1.54, 1.807) is 0 Å². The molecule has 126 valence electrons. The summed E-state index contributed by atoms with van der Waals surface area (Å²) >= 11 is 0. The average molecular weight is 316 g/mol. The number of hydrogen-bond donors (Lipinski definition) is 0. The number of benzene rings is 1. The van der Waals surface area contributed by atoms with Crippen LogP contribution in [0.5, 0.6) is 0 Å². The zero-order chi connectivity index (χ0) is 16.1. The van der Waals surface area contributed by atoms with Crippen molar-refractivity contribution in [2.24, 2.45) is 0 Å². The number of hydrogen-bond acceptors (Lipinski definition) is 3. The van der Waals surface area contributed by atoms with E-state index >= 15 is 0 Å². The highest BCUT2D eigenvalue weighted by molar-refractivity contribution is 5.76. The summed E-state index contributed by atoms with van der Waals surface area (Å²) in [4.78, 5) is 17.0. The molecular weight excluding hydrogens is 288 g/mol. The van der Waals surface area contributed by atoms with Gasteiger partial charge in [0.25, 0.3) is 0 Å². The molecule has 1 unspecified atom stereocenters. The molecule has 1 fully saturated rings. The Labute approximate surface area is 139 Å². The number of fused-ring (bicyclic) bond motifs is 1. The van der Waals surface area contributed by atoms with Gasteiger partial charge in [-0.3, -0.25) is 9.69 Å². The molecule has 0 radical (unpaired) electrons. The molecule has 1 amide bonds. The Kier molecular flexibility index (Phi) is 5.68. The molecule has 1 aliphatic carbocycles. The van der Waals surface area contributed by atoms with Crippen molar-refractivity contribution in [2.45, 2.75) is 38.1 Å². The van der Waals surface area contributed by atoms with Crippen molar-refractivity contribution < 1.29 is 9.53 Å². The fraction of sp³-hybridized carbons (Fsp3) is 0.632. The van der Waals surface area contributed by atoms with Crippen LogP contribution in [0, 0.1) is 0 Å². The molecule has 0 N–H and O–H groups in total. The predicted octanol–water partition coefficient (Wildman–Crippen LogP) is 2.63. The maximum atomic E-state index is 12.6. The van der Waals surface area contributed by atoms with Gasteiger partial charge in [0.1, 0.15) is 0 Å².